The van der Waals surface area contributed by atoms with Crippen LogP contribution < -0.4 is 5.73 Å². The molecular weight excluding hydrogens is 178 g/mol. The molecule has 0 spiro atoms. The van der Waals surface area contributed by atoms with Crippen molar-refractivity contribution in [3.63, 3.8) is 0 Å². The summed E-state index contributed by atoms with van der Waals surface area (Å²) in [6.07, 6.45) is 5.75. The van der Waals surface area contributed by atoms with Crippen molar-refractivity contribution in [2.45, 2.75) is 57.7 Å². The van der Waals surface area contributed by atoms with E-state index in [2.05, 4.69) is 6.92 Å². The van der Waals surface area contributed by atoms with Crippen LogP contribution in [0.2, 0.25) is 0 Å². The zero-order valence-corrected chi connectivity index (χ0v) is 9.00. The average Bonchev–Trinajstić information content (AvgIpc) is 2.66. The number of ketones is 1. The Kier molecular flexibility index (Phi) is 5.12. The molecule has 0 amide bonds. The molecule has 1 saturated heterocycles. The Hall–Kier alpha value is -0.410. The van der Waals surface area contributed by atoms with Crippen molar-refractivity contribution in [3.05, 3.63) is 0 Å². The lowest BCUT2D eigenvalue weighted by atomic mass is 10.1. The van der Waals surface area contributed by atoms with Gasteiger partial charge in [0.2, 0.25) is 0 Å². The van der Waals surface area contributed by atoms with Gasteiger partial charge in [-0.1, -0.05) is 19.8 Å². The minimum Gasteiger partial charge on any atom is -0.366 e. The summed E-state index contributed by atoms with van der Waals surface area (Å²) in [5.74, 6) is 0.273. The van der Waals surface area contributed by atoms with Gasteiger partial charge in [-0.2, -0.15) is 0 Å². The van der Waals surface area contributed by atoms with Crippen molar-refractivity contribution < 1.29 is 9.53 Å². The second kappa shape index (κ2) is 6.14. The number of carbonyl (C=O) groups excluding carboxylic acids is 1. The highest BCUT2D eigenvalue weighted by Crippen LogP contribution is 2.21. The van der Waals surface area contributed by atoms with Crippen LogP contribution in [0, 0.1) is 0 Å². The van der Waals surface area contributed by atoms with E-state index in [0.717, 1.165) is 32.1 Å². The van der Waals surface area contributed by atoms with Crippen LogP contribution in [0.5, 0.6) is 0 Å². The molecular formula is C11H21NO2. The fourth-order valence-corrected chi connectivity index (χ4v) is 1.83. The summed E-state index contributed by atoms with van der Waals surface area (Å²) in [5.41, 5.74) is 5.48. The quantitative estimate of drug-likeness (QED) is 0.662. The standard InChI is InChI=1S/C11H21NO2/c1-2-3-4-5-10(13)11-7-6-9(8-12)14-11/h9,11H,2-8,12H2,1H3. The lowest BCUT2D eigenvalue weighted by Gasteiger charge is -2.10. The highest BCUT2D eigenvalue weighted by molar-refractivity contribution is 5.83. The van der Waals surface area contributed by atoms with E-state index in [4.69, 9.17) is 10.5 Å². The lowest BCUT2D eigenvalue weighted by Crippen LogP contribution is -2.25. The third-order valence-electron chi connectivity index (χ3n) is 2.76. The molecule has 0 aromatic carbocycles. The van der Waals surface area contributed by atoms with Gasteiger partial charge >= 0.3 is 0 Å². The molecule has 0 aliphatic carbocycles. The number of carbonyl (C=O) groups is 1. The Bertz CT molecular complexity index is 182. The van der Waals surface area contributed by atoms with E-state index in [0.29, 0.717) is 13.0 Å². The van der Waals surface area contributed by atoms with Crippen molar-refractivity contribution in [2.75, 3.05) is 6.54 Å². The van der Waals surface area contributed by atoms with Crippen LogP contribution in [0.4, 0.5) is 0 Å². The van der Waals surface area contributed by atoms with Gasteiger partial charge < -0.3 is 10.5 Å². The second-order valence-electron chi connectivity index (χ2n) is 3.98. The molecule has 0 saturated carbocycles. The zero-order chi connectivity index (χ0) is 10.4. The number of Topliss-reactive ketones (excluding diaryl/α,β-unsaturated/α-hetero) is 1. The van der Waals surface area contributed by atoms with Crippen molar-refractivity contribution in [1.82, 2.24) is 0 Å². The molecule has 2 unspecified atom stereocenters. The molecule has 1 aliphatic rings. The fourth-order valence-electron chi connectivity index (χ4n) is 1.83. The van der Waals surface area contributed by atoms with Gasteiger partial charge in [0.25, 0.3) is 0 Å². The first-order valence-electron chi connectivity index (χ1n) is 5.66. The molecule has 1 fully saturated rings. The van der Waals surface area contributed by atoms with Crippen LogP contribution in [0.15, 0.2) is 0 Å². The number of unbranched alkanes of at least 4 members (excludes halogenated alkanes) is 2. The Morgan fingerprint density at radius 3 is 2.79 bits per heavy atom. The Balaban J connectivity index is 2.18. The minimum atomic E-state index is -0.152. The number of rotatable bonds is 6. The van der Waals surface area contributed by atoms with E-state index in [1.165, 1.54) is 0 Å². The smallest absolute Gasteiger partial charge is 0.161 e. The van der Waals surface area contributed by atoms with Crippen molar-refractivity contribution >= 4 is 5.78 Å². The van der Waals surface area contributed by atoms with Gasteiger partial charge in [-0.3, -0.25) is 4.79 Å². The van der Waals surface area contributed by atoms with E-state index >= 15 is 0 Å². The van der Waals surface area contributed by atoms with Crippen LogP contribution in [-0.4, -0.2) is 24.5 Å². The average molecular weight is 199 g/mol. The SMILES string of the molecule is CCCCCC(=O)C1CCC(CN)O1. The summed E-state index contributed by atoms with van der Waals surface area (Å²) < 4.78 is 5.53. The molecule has 1 aliphatic heterocycles. The monoisotopic (exact) mass is 199 g/mol. The maximum atomic E-state index is 11.6. The first-order valence-corrected chi connectivity index (χ1v) is 5.66. The van der Waals surface area contributed by atoms with Gasteiger partial charge in [0.1, 0.15) is 6.10 Å². The zero-order valence-electron chi connectivity index (χ0n) is 9.00. The Labute approximate surface area is 86.0 Å². The van der Waals surface area contributed by atoms with Gasteiger partial charge in [-0.05, 0) is 19.3 Å². The summed E-state index contributed by atoms with van der Waals surface area (Å²) in [5, 5.41) is 0. The Morgan fingerprint density at radius 1 is 1.43 bits per heavy atom. The highest BCUT2D eigenvalue weighted by atomic mass is 16.5. The number of hydrogen-bond acceptors (Lipinski definition) is 3. The topological polar surface area (TPSA) is 52.3 Å². The van der Waals surface area contributed by atoms with E-state index in [1.807, 2.05) is 0 Å². The first-order chi connectivity index (χ1) is 6.77. The molecule has 1 heterocycles. The molecule has 14 heavy (non-hydrogen) atoms. The van der Waals surface area contributed by atoms with E-state index in [-0.39, 0.29) is 18.0 Å². The van der Waals surface area contributed by atoms with Crippen LogP contribution in [0.3, 0.4) is 0 Å². The lowest BCUT2D eigenvalue weighted by molar-refractivity contribution is -0.129. The van der Waals surface area contributed by atoms with E-state index < -0.39 is 0 Å². The summed E-state index contributed by atoms with van der Waals surface area (Å²) in [4.78, 5) is 11.6. The summed E-state index contributed by atoms with van der Waals surface area (Å²) in [6.45, 7) is 2.68. The largest absolute Gasteiger partial charge is 0.366 e. The summed E-state index contributed by atoms with van der Waals surface area (Å²) in [6, 6.07) is 0. The van der Waals surface area contributed by atoms with E-state index in [1.54, 1.807) is 0 Å². The molecule has 0 aromatic rings. The van der Waals surface area contributed by atoms with Crippen LogP contribution in [-0.2, 0) is 9.53 Å². The second-order valence-corrected chi connectivity index (χ2v) is 3.98. The number of hydrogen-bond donors (Lipinski definition) is 1. The molecule has 82 valence electrons. The van der Waals surface area contributed by atoms with E-state index in [9.17, 15) is 4.79 Å². The molecule has 0 bridgehead atoms. The maximum Gasteiger partial charge on any atom is 0.161 e. The maximum absolute atomic E-state index is 11.6. The first kappa shape index (κ1) is 11.7. The normalized spacial score (nSPS) is 26.7. The minimum absolute atomic E-state index is 0.120. The molecule has 2 atom stereocenters. The molecule has 3 nitrogen and oxygen atoms in total. The van der Waals surface area contributed by atoms with Crippen molar-refractivity contribution in [3.8, 4) is 0 Å². The van der Waals surface area contributed by atoms with Gasteiger partial charge in [-0.25, -0.2) is 0 Å². The van der Waals surface area contributed by atoms with Crippen molar-refractivity contribution in [2.24, 2.45) is 5.73 Å². The van der Waals surface area contributed by atoms with Gasteiger partial charge in [0.05, 0.1) is 6.10 Å². The number of ether oxygens (including phenoxy) is 1. The van der Waals surface area contributed by atoms with Gasteiger partial charge in [0, 0.05) is 13.0 Å². The van der Waals surface area contributed by atoms with Crippen LogP contribution >= 0.6 is 0 Å². The molecule has 1 rings (SSSR count). The van der Waals surface area contributed by atoms with Crippen LogP contribution in [0.1, 0.15) is 45.4 Å². The Morgan fingerprint density at radius 2 is 2.21 bits per heavy atom. The van der Waals surface area contributed by atoms with Gasteiger partial charge in [-0.15, -0.1) is 0 Å². The third kappa shape index (κ3) is 3.39. The summed E-state index contributed by atoms with van der Waals surface area (Å²) >= 11 is 0. The molecule has 0 aromatic heterocycles. The molecule has 2 N–H and O–H groups in total. The highest BCUT2D eigenvalue weighted by Gasteiger charge is 2.28. The van der Waals surface area contributed by atoms with Crippen LogP contribution in [0.25, 0.3) is 0 Å². The fraction of sp³-hybridized carbons (Fsp3) is 0.909. The molecule has 0 radical (unpaired) electrons. The predicted molar refractivity (Wildman–Crippen MR) is 56.1 cm³/mol. The number of nitrogens with two attached hydrogens (primary N) is 1. The van der Waals surface area contributed by atoms with Gasteiger partial charge in [0.15, 0.2) is 5.78 Å². The molecule has 3 heteroatoms. The third-order valence-corrected chi connectivity index (χ3v) is 2.76. The summed E-state index contributed by atoms with van der Waals surface area (Å²) in [7, 11) is 0. The predicted octanol–water partition coefficient (Wildman–Crippen LogP) is 1.64. The van der Waals surface area contributed by atoms with Crippen molar-refractivity contribution in [1.29, 1.82) is 0 Å².